The number of aromatic amines is 1. The van der Waals surface area contributed by atoms with Crippen molar-refractivity contribution in [1.29, 1.82) is 0 Å². The molecule has 0 aliphatic carbocycles. The Morgan fingerprint density at radius 2 is 2.18 bits per heavy atom. The zero-order valence-electron chi connectivity index (χ0n) is 6.12. The van der Waals surface area contributed by atoms with Crippen molar-refractivity contribution >= 4 is 24.8 Å². The summed E-state index contributed by atoms with van der Waals surface area (Å²) in [5, 5.41) is 0. The van der Waals surface area contributed by atoms with Crippen molar-refractivity contribution < 1.29 is 0 Å². The van der Waals surface area contributed by atoms with Gasteiger partial charge in [-0.2, -0.15) is 0 Å². The highest BCUT2D eigenvalue weighted by atomic mass is 35.5. The first-order valence-electron chi connectivity index (χ1n) is 3.12. The van der Waals surface area contributed by atoms with Crippen LogP contribution in [0.4, 0.5) is 0 Å². The quantitative estimate of drug-likeness (QED) is 0.765. The molecule has 0 bridgehead atoms. The second kappa shape index (κ2) is 7.85. The zero-order chi connectivity index (χ0) is 6.53. The molecule has 0 saturated carbocycles. The molecule has 0 atom stereocenters. The molecule has 1 aromatic heterocycles. The van der Waals surface area contributed by atoms with Gasteiger partial charge >= 0.3 is 0 Å². The third-order valence-electron chi connectivity index (χ3n) is 1.17. The monoisotopic (exact) mass is 197 g/mol. The lowest BCUT2D eigenvalue weighted by Crippen LogP contribution is -2.00. The minimum absolute atomic E-state index is 0. The number of aryl methyl sites for hydroxylation is 1. The van der Waals surface area contributed by atoms with Crippen LogP contribution in [0.1, 0.15) is 12.2 Å². The fourth-order valence-corrected chi connectivity index (χ4v) is 0.704. The van der Waals surface area contributed by atoms with E-state index < -0.39 is 0 Å². The van der Waals surface area contributed by atoms with Crippen LogP contribution in [0.5, 0.6) is 0 Å². The average Bonchev–Trinajstić information content (AvgIpc) is 2.34. The van der Waals surface area contributed by atoms with Gasteiger partial charge in [0.2, 0.25) is 0 Å². The van der Waals surface area contributed by atoms with Gasteiger partial charge in [0.1, 0.15) is 5.82 Å². The summed E-state index contributed by atoms with van der Waals surface area (Å²) in [6, 6.07) is 0. The van der Waals surface area contributed by atoms with Gasteiger partial charge in [0.25, 0.3) is 0 Å². The van der Waals surface area contributed by atoms with Gasteiger partial charge < -0.3 is 10.7 Å². The van der Waals surface area contributed by atoms with E-state index in [1.165, 1.54) is 0 Å². The fraction of sp³-hybridized carbons (Fsp3) is 0.500. The molecule has 5 heteroatoms. The maximum Gasteiger partial charge on any atom is 0.106 e. The molecule has 1 rings (SSSR count). The topological polar surface area (TPSA) is 54.7 Å². The standard InChI is InChI=1S/C6H11N3.2ClH/c7-3-1-2-6-8-4-5-9-6;;/h4-5H,1-3,7H2,(H,8,9);2*1H. The van der Waals surface area contributed by atoms with E-state index >= 15 is 0 Å². The van der Waals surface area contributed by atoms with Crippen LogP contribution in [0.2, 0.25) is 0 Å². The number of aromatic nitrogens is 2. The number of rotatable bonds is 3. The summed E-state index contributed by atoms with van der Waals surface area (Å²) in [6.07, 6.45) is 5.55. The number of hydrogen-bond acceptors (Lipinski definition) is 2. The Balaban J connectivity index is 0. The van der Waals surface area contributed by atoms with Crippen molar-refractivity contribution in [2.24, 2.45) is 5.73 Å². The van der Waals surface area contributed by atoms with Crippen LogP contribution in [-0.2, 0) is 6.42 Å². The van der Waals surface area contributed by atoms with Gasteiger partial charge in [-0.1, -0.05) is 0 Å². The van der Waals surface area contributed by atoms with Gasteiger partial charge in [-0.15, -0.1) is 24.8 Å². The molecule has 11 heavy (non-hydrogen) atoms. The summed E-state index contributed by atoms with van der Waals surface area (Å²) >= 11 is 0. The molecular formula is C6H13Cl2N3. The molecule has 0 unspecified atom stereocenters. The zero-order valence-corrected chi connectivity index (χ0v) is 7.75. The minimum atomic E-state index is 0. The highest BCUT2D eigenvalue weighted by molar-refractivity contribution is 5.85. The highest BCUT2D eigenvalue weighted by Crippen LogP contribution is 1.91. The Hall–Kier alpha value is -0.250. The van der Waals surface area contributed by atoms with Crippen LogP contribution in [0.25, 0.3) is 0 Å². The third-order valence-corrected chi connectivity index (χ3v) is 1.17. The van der Waals surface area contributed by atoms with Crippen LogP contribution < -0.4 is 5.73 Å². The maximum atomic E-state index is 5.30. The van der Waals surface area contributed by atoms with Gasteiger partial charge in [-0.25, -0.2) is 4.98 Å². The van der Waals surface area contributed by atoms with Crippen molar-refractivity contribution in [2.75, 3.05) is 6.54 Å². The van der Waals surface area contributed by atoms with Crippen molar-refractivity contribution in [3.05, 3.63) is 18.2 Å². The largest absolute Gasteiger partial charge is 0.349 e. The molecule has 66 valence electrons. The summed E-state index contributed by atoms with van der Waals surface area (Å²) < 4.78 is 0. The Labute approximate surface area is 78.6 Å². The molecule has 0 spiro atoms. The minimum Gasteiger partial charge on any atom is -0.349 e. The predicted octanol–water partition coefficient (Wildman–Crippen LogP) is 1.14. The number of imidazole rings is 1. The normalized spacial score (nSPS) is 8.09. The molecule has 3 nitrogen and oxygen atoms in total. The predicted molar refractivity (Wildman–Crippen MR) is 50.5 cm³/mol. The molecule has 0 aliphatic rings. The van der Waals surface area contributed by atoms with E-state index in [4.69, 9.17) is 5.73 Å². The van der Waals surface area contributed by atoms with E-state index in [0.717, 1.165) is 25.2 Å². The first kappa shape index (κ1) is 13.3. The van der Waals surface area contributed by atoms with E-state index in [1.54, 1.807) is 6.20 Å². The van der Waals surface area contributed by atoms with E-state index in [0.29, 0.717) is 0 Å². The number of halogens is 2. The van der Waals surface area contributed by atoms with E-state index in [1.807, 2.05) is 6.20 Å². The Morgan fingerprint density at radius 1 is 1.45 bits per heavy atom. The first-order valence-corrected chi connectivity index (χ1v) is 3.12. The van der Waals surface area contributed by atoms with Crippen molar-refractivity contribution in [1.82, 2.24) is 9.97 Å². The number of nitrogens with zero attached hydrogens (tertiary/aromatic N) is 1. The molecule has 0 radical (unpaired) electrons. The van der Waals surface area contributed by atoms with E-state index in [-0.39, 0.29) is 24.8 Å². The fourth-order valence-electron chi connectivity index (χ4n) is 0.704. The Morgan fingerprint density at radius 3 is 2.64 bits per heavy atom. The summed E-state index contributed by atoms with van der Waals surface area (Å²) in [7, 11) is 0. The van der Waals surface area contributed by atoms with E-state index in [9.17, 15) is 0 Å². The average molecular weight is 198 g/mol. The number of H-pyrrole nitrogens is 1. The summed E-state index contributed by atoms with van der Waals surface area (Å²) in [4.78, 5) is 7.05. The molecule has 1 aromatic rings. The van der Waals surface area contributed by atoms with Crippen LogP contribution >= 0.6 is 24.8 Å². The maximum absolute atomic E-state index is 5.30. The molecule has 3 N–H and O–H groups in total. The number of hydrogen-bond donors (Lipinski definition) is 2. The molecular weight excluding hydrogens is 185 g/mol. The molecule has 0 amide bonds. The second-order valence-electron chi connectivity index (χ2n) is 1.93. The smallest absolute Gasteiger partial charge is 0.106 e. The van der Waals surface area contributed by atoms with Gasteiger partial charge in [-0.3, -0.25) is 0 Å². The van der Waals surface area contributed by atoms with Crippen molar-refractivity contribution in [2.45, 2.75) is 12.8 Å². The van der Waals surface area contributed by atoms with Crippen LogP contribution in [-0.4, -0.2) is 16.5 Å². The molecule has 0 aliphatic heterocycles. The van der Waals surface area contributed by atoms with Gasteiger partial charge in [0.15, 0.2) is 0 Å². The van der Waals surface area contributed by atoms with Gasteiger partial charge in [0, 0.05) is 18.8 Å². The lowest BCUT2D eigenvalue weighted by Gasteiger charge is -1.90. The van der Waals surface area contributed by atoms with Crippen LogP contribution in [0, 0.1) is 0 Å². The Bertz CT molecular complexity index is 153. The molecule has 0 fully saturated rings. The summed E-state index contributed by atoms with van der Waals surface area (Å²) in [5.41, 5.74) is 5.30. The van der Waals surface area contributed by atoms with Gasteiger partial charge in [0.05, 0.1) is 0 Å². The van der Waals surface area contributed by atoms with Crippen molar-refractivity contribution in [3.63, 3.8) is 0 Å². The molecule has 0 saturated heterocycles. The Kier molecular flexibility index (Phi) is 9.53. The van der Waals surface area contributed by atoms with Crippen LogP contribution in [0.3, 0.4) is 0 Å². The lowest BCUT2D eigenvalue weighted by molar-refractivity contribution is 0.794. The third kappa shape index (κ3) is 5.07. The van der Waals surface area contributed by atoms with Crippen LogP contribution in [0.15, 0.2) is 12.4 Å². The van der Waals surface area contributed by atoms with Gasteiger partial charge in [-0.05, 0) is 13.0 Å². The molecule has 1 heterocycles. The summed E-state index contributed by atoms with van der Waals surface area (Å²) in [5.74, 6) is 1.03. The lowest BCUT2D eigenvalue weighted by atomic mass is 10.3. The number of nitrogens with one attached hydrogen (secondary N) is 1. The summed E-state index contributed by atoms with van der Waals surface area (Å²) in [6.45, 7) is 0.737. The molecule has 0 aromatic carbocycles. The second-order valence-corrected chi connectivity index (χ2v) is 1.93. The SMILES string of the molecule is Cl.Cl.NCCCc1ncc[nH]1. The number of nitrogens with two attached hydrogens (primary N) is 1. The first-order chi connectivity index (χ1) is 4.43. The highest BCUT2D eigenvalue weighted by Gasteiger charge is 1.90. The van der Waals surface area contributed by atoms with Crippen molar-refractivity contribution in [3.8, 4) is 0 Å². The van der Waals surface area contributed by atoms with E-state index in [2.05, 4.69) is 9.97 Å².